The fourth-order valence-corrected chi connectivity index (χ4v) is 4.68. The van der Waals surface area contributed by atoms with Gasteiger partial charge in [0.05, 0.1) is 12.1 Å². The standard InChI is InChI=1S/C19H25N3OS/c1-19(2,3)11-6-7-14-13(9-11)17-12(5-4-8-23-17)16(22-14)15-10-21-18(20)24-15/h6-7,9-10,12,16-17,22H,4-5,8H2,1-3H3,(H2,20,21)/t12-,16+,17-/m0/s1. The molecule has 5 heteroatoms. The Hall–Kier alpha value is -1.59. The number of nitrogen functional groups attached to an aromatic ring is 1. The number of hydrogen-bond acceptors (Lipinski definition) is 5. The van der Waals surface area contributed by atoms with E-state index in [1.54, 1.807) is 11.3 Å². The average molecular weight is 343 g/mol. The van der Waals surface area contributed by atoms with Gasteiger partial charge in [0, 0.05) is 34.8 Å². The van der Waals surface area contributed by atoms with E-state index in [4.69, 9.17) is 10.5 Å². The number of hydrogen-bond donors (Lipinski definition) is 2. The maximum Gasteiger partial charge on any atom is 0.180 e. The minimum Gasteiger partial charge on any atom is -0.377 e. The molecule has 4 nitrogen and oxygen atoms in total. The molecular formula is C19H25N3OS. The zero-order valence-corrected chi connectivity index (χ0v) is 15.3. The molecule has 3 N–H and O–H groups in total. The van der Waals surface area contributed by atoms with Crippen molar-refractivity contribution >= 4 is 22.2 Å². The van der Waals surface area contributed by atoms with E-state index >= 15 is 0 Å². The summed E-state index contributed by atoms with van der Waals surface area (Å²) in [5.74, 6) is 0.432. The van der Waals surface area contributed by atoms with Crippen LogP contribution in [-0.4, -0.2) is 11.6 Å². The Labute approximate surface area is 147 Å². The van der Waals surface area contributed by atoms with E-state index in [2.05, 4.69) is 49.3 Å². The van der Waals surface area contributed by atoms with E-state index in [0.717, 1.165) is 13.0 Å². The molecule has 3 heterocycles. The average Bonchev–Trinajstić information content (AvgIpc) is 2.99. The van der Waals surface area contributed by atoms with Crippen LogP contribution in [0, 0.1) is 5.92 Å². The number of nitrogens with two attached hydrogens (primary N) is 1. The molecule has 4 rings (SSSR count). The smallest absolute Gasteiger partial charge is 0.180 e. The van der Waals surface area contributed by atoms with Crippen LogP contribution in [0.15, 0.2) is 24.4 Å². The second-order valence-corrected chi connectivity index (χ2v) is 8.97. The number of aromatic nitrogens is 1. The number of anilines is 2. The van der Waals surface area contributed by atoms with Crippen LogP contribution in [0.2, 0.25) is 0 Å². The molecule has 1 saturated heterocycles. The molecule has 0 amide bonds. The van der Waals surface area contributed by atoms with Crippen LogP contribution in [0.3, 0.4) is 0 Å². The van der Waals surface area contributed by atoms with Crippen LogP contribution >= 0.6 is 11.3 Å². The molecule has 3 atom stereocenters. The molecule has 2 aliphatic rings. The van der Waals surface area contributed by atoms with Gasteiger partial charge in [-0.3, -0.25) is 0 Å². The molecule has 0 saturated carbocycles. The van der Waals surface area contributed by atoms with Gasteiger partial charge in [0.1, 0.15) is 0 Å². The number of nitrogens with zero attached hydrogens (tertiary/aromatic N) is 1. The van der Waals surface area contributed by atoms with Crippen molar-refractivity contribution in [2.24, 2.45) is 5.92 Å². The van der Waals surface area contributed by atoms with E-state index in [0.29, 0.717) is 11.0 Å². The van der Waals surface area contributed by atoms with Crippen LogP contribution in [0.5, 0.6) is 0 Å². The minimum atomic E-state index is 0.141. The molecule has 24 heavy (non-hydrogen) atoms. The lowest BCUT2D eigenvalue weighted by atomic mass is 9.77. The molecule has 0 aliphatic carbocycles. The molecule has 0 unspecified atom stereocenters. The maximum absolute atomic E-state index is 6.25. The lowest BCUT2D eigenvalue weighted by molar-refractivity contribution is -0.0378. The zero-order chi connectivity index (χ0) is 16.9. The van der Waals surface area contributed by atoms with Gasteiger partial charge >= 0.3 is 0 Å². The van der Waals surface area contributed by atoms with Crippen LogP contribution in [-0.2, 0) is 10.2 Å². The molecule has 1 aromatic carbocycles. The van der Waals surface area contributed by atoms with E-state index in [9.17, 15) is 0 Å². The number of rotatable bonds is 1. The molecule has 0 radical (unpaired) electrons. The van der Waals surface area contributed by atoms with Crippen LogP contribution in [0.4, 0.5) is 10.8 Å². The Bertz CT molecular complexity index is 749. The lowest BCUT2D eigenvalue weighted by Crippen LogP contribution is -2.35. The number of benzene rings is 1. The first kappa shape index (κ1) is 15.9. The minimum absolute atomic E-state index is 0.141. The first-order chi connectivity index (χ1) is 11.4. The van der Waals surface area contributed by atoms with Crippen molar-refractivity contribution in [2.45, 2.75) is 51.2 Å². The van der Waals surface area contributed by atoms with Gasteiger partial charge in [-0.25, -0.2) is 4.98 Å². The molecular weight excluding hydrogens is 318 g/mol. The van der Waals surface area contributed by atoms with Crippen molar-refractivity contribution < 1.29 is 4.74 Å². The topological polar surface area (TPSA) is 60.2 Å². The number of ether oxygens (including phenoxy) is 1. The summed E-state index contributed by atoms with van der Waals surface area (Å²) in [4.78, 5) is 5.45. The third-order valence-corrected chi connectivity index (χ3v) is 6.09. The van der Waals surface area contributed by atoms with Gasteiger partial charge in [-0.15, -0.1) is 11.3 Å². The van der Waals surface area contributed by atoms with Crippen molar-refractivity contribution in [3.05, 3.63) is 40.4 Å². The quantitative estimate of drug-likeness (QED) is 0.791. The molecule has 2 aromatic rings. The molecule has 0 bridgehead atoms. The highest BCUT2D eigenvalue weighted by Gasteiger charge is 2.40. The Morgan fingerprint density at radius 1 is 1.33 bits per heavy atom. The second-order valence-electron chi connectivity index (χ2n) is 7.87. The Kier molecular flexibility index (Phi) is 3.81. The fraction of sp³-hybridized carbons (Fsp3) is 0.526. The van der Waals surface area contributed by atoms with Gasteiger partial charge in [-0.2, -0.15) is 0 Å². The van der Waals surface area contributed by atoms with Crippen molar-refractivity contribution in [2.75, 3.05) is 17.7 Å². The predicted octanol–water partition coefficient (Wildman–Crippen LogP) is 4.66. The van der Waals surface area contributed by atoms with E-state index in [1.165, 1.54) is 28.1 Å². The summed E-state index contributed by atoms with van der Waals surface area (Å²) in [6, 6.07) is 7.01. The van der Waals surface area contributed by atoms with Gasteiger partial charge in [-0.1, -0.05) is 32.9 Å². The normalized spacial score (nSPS) is 26.4. The molecule has 2 aliphatic heterocycles. The summed E-state index contributed by atoms with van der Waals surface area (Å²) in [5.41, 5.74) is 9.85. The molecule has 1 fully saturated rings. The van der Waals surface area contributed by atoms with E-state index in [1.807, 2.05) is 6.20 Å². The van der Waals surface area contributed by atoms with Gasteiger partial charge in [0.2, 0.25) is 0 Å². The highest BCUT2D eigenvalue weighted by atomic mass is 32.1. The van der Waals surface area contributed by atoms with Crippen LogP contribution < -0.4 is 11.1 Å². The summed E-state index contributed by atoms with van der Waals surface area (Å²) in [5, 5.41) is 4.37. The number of fused-ring (bicyclic) bond motifs is 3. The largest absolute Gasteiger partial charge is 0.377 e. The first-order valence-corrected chi connectivity index (χ1v) is 9.49. The fourth-order valence-electron chi connectivity index (χ4n) is 3.86. The molecule has 1 aromatic heterocycles. The zero-order valence-electron chi connectivity index (χ0n) is 14.5. The number of thiazole rings is 1. The van der Waals surface area contributed by atoms with E-state index < -0.39 is 0 Å². The summed E-state index contributed by atoms with van der Waals surface area (Å²) < 4.78 is 6.25. The van der Waals surface area contributed by atoms with Gasteiger partial charge in [-0.05, 0) is 29.9 Å². The Balaban J connectivity index is 1.77. The molecule has 128 valence electrons. The van der Waals surface area contributed by atoms with Gasteiger partial charge < -0.3 is 15.8 Å². The van der Waals surface area contributed by atoms with E-state index in [-0.39, 0.29) is 17.6 Å². The van der Waals surface area contributed by atoms with Crippen LogP contribution in [0.1, 0.15) is 61.8 Å². The third-order valence-electron chi connectivity index (χ3n) is 5.18. The molecule has 0 spiro atoms. The third kappa shape index (κ3) is 2.70. The Morgan fingerprint density at radius 3 is 2.88 bits per heavy atom. The van der Waals surface area contributed by atoms with Crippen molar-refractivity contribution in [3.8, 4) is 0 Å². The summed E-state index contributed by atoms with van der Waals surface area (Å²) in [6.45, 7) is 7.62. The van der Waals surface area contributed by atoms with Crippen molar-refractivity contribution in [3.63, 3.8) is 0 Å². The maximum atomic E-state index is 6.25. The summed E-state index contributed by atoms with van der Waals surface area (Å²) in [6.07, 6.45) is 4.35. The highest BCUT2D eigenvalue weighted by molar-refractivity contribution is 7.15. The number of nitrogens with one attached hydrogen (secondary N) is 1. The predicted molar refractivity (Wildman–Crippen MR) is 99.4 cm³/mol. The van der Waals surface area contributed by atoms with Crippen molar-refractivity contribution in [1.29, 1.82) is 0 Å². The first-order valence-electron chi connectivity index (χ1n) is 8.67. The second kappa shape index (κ2) is 5.74. The van der Waals surface area contributed by atoms with Crippen LogP contribution in [0.25, 0.3) is 0 Å². The lowest BCUT2D eigenvalue weighted by Gasteiger charge is -2.43. The summed E-state index contributed by atoms with van der Waals surface area (Å²) in [7, 11) is 0. The van der Waals surface area contributed by atoms with Crippen molar-refractivity contribution in [1.82, 2.24) is 4.98 Å². The van der Waals surface area contributed by atoms with Gasteiger partial charge in [0.15, 0.2) is 5.13 Å². The Morgan fingerprint density at radius 2 is 2.17 bits per heavy atom. The monoisotopic (exact) mass is 343 g/mol. The SMILES string of the molecule is CC(C)(C)c1ccc2c(c1)[C@H]1OCCC[C@H]1[C@H](c1cnc(N)s1)N2. The summed E-state index contributed by atoms with van der Waals surface area (Å²) >= 11 is 1.58. The highest BCUT2D eigenvalue weighted by Crippen LogP contribution is 2.50. The van der Waals surface area contributed by atoms with Gasteiger partial charge in [0.25, 0.3) is 0 Å².